The van der Waals surface area contributed by atoms with Crippen molar-refractivity contribution in [2.75, 3.05) is 41.7 Å². The van der Waals surface area contributed by atoms with Crippen molar-refractivity contribution >= 4 is 39.8 Å². The number of amides is 3. The highest BCUT2D eigenvalue weighted by atomic mass is 32.1. The molecule has 7 nitrogen and oxygen atoms in total. The average Bonchev–Trinajstić information content (AvgIpc) is 3.40. The highest BCUT2D eigenvalue weighted by Crippen LogP contribution is 2.29. The number of aromatic nitrogens is 1. The van der Waals surface area contributed by atoms with Crippen LogP contribution in [0.15, 0.2) is 53.9 Å². The molecule has 8 heteroatoms. The lowest BCUT2D eigenvalue weighted by Gasteiger charge is -2.34. The number of thiazole rings is 1. The smallest absolute Gasteiger partial charge is 0.321 e. The molecule has 0 unspecified atom stereocenters. The molecule has 0 radical (unpaired) electrons. The van der Waals surface area contributed by atoms with Crippen LogP contribution in [0.4, 0.5) is 21.3 Å². The Labute approximate surface area is 178 Å². The van der Waals surface area contributed by atoms with Crippen LogP contribution in [0.25, 0.3) is 11.3 Å². The molecule has 2 N–H and O–H groups in total. The minimum absolute atomic E-state index is 0.0118. The summed E-state index contributed by atoms with van der Waals surface area (Å²) < 4.78 is 0. The van der Waals surface area contributed by atoms with Crippen molar-refractivity contribution in [1.29, 1.82) is 0 Å². The molecule has 2 aromatic carbocycles. The van der Waals surface area contributed by atoms with Crippen LogP contribution in [0.2, 0.25) is 0 Å². The Morgan fingerprint density at radius 3 is 2.67 bits per heavy atom. The van der Waals surface area contributed by atoms with E-state index in [1.54, 1.807) is 11.3 Å². The predicted molar refractivity (Wildman–Crippen MR) is 119 cm³/mol. The van der Waals surface area contributed by atoms with Gasteiger partial charge in [-0.2, -0.15) is 0 Å². The summed E-state index contributed by atoms with van der Waals surface area (Å²) in [6, 6.07) is 15.6. The minimum Gasteiger partial charge on any atom is -0.345 e. The van der Waals surface area contributed by atoms with Gasteiger partial charge in [0.1, 0.15) is 0 Å². The van der Waals surface area contributed by atoms with Gasteiger partial charge in [0.15, 0.2) is 5.13 Å². The standard InChI is InChI=1S/C22H21N5O2S/c28-20-13-16-12-17(6-7-18(16)24-20)23-21(29)26-8-10-27(11-9-26)22-25-19(14-30-22)15-4-2-1-3-5-15/h1-7,12,14H,8-11,13H2,(H,23,29)(H,24,28). The van der Waals surface area contributed by atoms with Crippen LogP contribution in [0.3, 0.4) is 0 Å². The highest BCUT2D eigenvalue weighted by Gasteiger charge is 2.24. The second-order valence-electron chi connectivity index (χ2n) is 7.38. The molecule has 0 spiro atoms. The van der Waals surface area contributed by atoms with Gasteiger partial charge in [-0.25, -0.2) is 9.78 Å². The van der Waals surface area contributed by atoms with Crippen LogP contribution in [0.1, 0.15) is 5.56 Å². The fraction of sp³-hybridized carbons (Fsp3) is 0.227. The van der Waals surface area contributed by atoms with E-state index in [0.29, 0.717) is 25.2 Å². The zero-order chi connectivity index (χ0) is 20.5. The zero-order valence-corrected chi connectivity index (χ0v) is 17.1. The van der Waals surface area contributed by atoms with E-state index in [-0.39, 0.29) is 11.9 Å². The lowest BCUT2D eigenvalue weighted by atomic mass is 10.1. The molecular weight excluding hydrogens is 398 g/mol. The van der Waals surface area contributed by atoms with Gasteiger partial charge in [0.25, 0.3) is 0 Å². The first-order valence-corrected chi connectivity index (χ1v) is 10.8. The van der Waals surface area contributed by atoms with Gasteiger partial charge in [0.2, 0.25) is 5.91 Å². The first-order chi connectivity index (χ1) is 14.7. The number of fused-ring (bicyclic) bond motifs is 1. The van der Waals surface area contributed by atoms with Crippen molar-refractivity contribution in [2.45, 2.75) is 6.42 Å². The summed E-state index contributed by atoms with van der Waals surface area (Å²) >= 11 is 1.64. The predicted octanol–water partition coefficient (Wildman–Crippen LogP) is 3.66. The molecule has 5 rings (SSSR count). The summed E-state index contributed by atoms with van der Waals surface area (Å²) in [5, 5.41) is 8.83. The van der Waals surface area contributed by atoms with E-state index < -0.39 is 0 Å². The van der Waals surface area contributed by atoms with Gasteiger partial charge >= 0.3 is 6.03 Å². The number of nitrogens with zero attached hydrogens (tertiary/aromatic N) is 3. The number of urea groups is 1. The third-order valence-corrected chi connectivity index (χ3v) is 6.28. The van der Waals surface area contributed by atoms with Crippen LogP contribution in [-0.2, 0) is 11.2 Å². The lowest BCUT2D eigenvalue weighted by molar-refractivity contribution is -0.115. The average molecular weight is 420 g/mol. The summed E-state index contributed by atoms with van der Waals surface area (Å²) in [6.45, 7) is 2.77. The van der Waals surface area contributed by atoms with Crippen LogP contribution in [0, 0.1) is 0 Å². The van der Waals surface area contributed by atoms with E-state index in [1.807, 2.05) is 41.3 Å². The van der Waals surface area contributed by atoms with Crippen molar-refractivity contribution in [3.63, 3.8) is 0 Å². The van der Waals surface area contributed by atoms with Crippen molar-refractivity contribution in [1.82, 2.24) is 9.88 Å². The number of carbonyl (C=O) groups excluding carboxylic acids is 2. The van der Waals surface area contributed by atoms with Crippen molar-refractivity contribution < 1.29 is 9.59 Å². The first-order valence-electron chi connectivity index (χ1n) is 9.90. The summed E-state index contributed by atoms with van der Waals surface area (Å²) in [5.41, 5.74) is 4.56. The van der Waals surface area contributed by atoms with Gasteiger partial charge < -0.3 is 20.4 Å². The normalized spacial score (nSPS) is 15.7. The quantitative estimate of drug-likeness (QED) is 0.679. The zero-order valence-electron chi connectivity index (χ0n) is 16.3. The van der Waals surface area contributed by atoms with Crippen molar-refractivity contribution in [2.24, 2.45) is 0 Å². The van der Waals surface area contributed by atoms with Crippen LogP contribution in [0.5, 0.6) is 0 Å². The van der Waals surface area contributed by atoms with Crippen LogP contribution < -0.4 is 15.5 Å². The number of carbonyl (C=O) groups is 2. The Bertz CT molecular complexity index is 1090. The highest BCUT2D eigenvalue weighted by molar-refractivity contribution is 7.14. The Balaban J connectivity index is 1.18. The Morgan fingerprint density at radius 2 is 1.87 bits per heavy atom. The molecule has 2 aliphatic rings. The Kier molecular flexibility index (Phi) is 4.84. The Hall–Kier alpha value is -3.39. The second kappa shape index (κ2) is 7.79. The van der Waals surface area contributed by atoms with E-state index in [9.17, 15) is 9.59 Å². The Morgan fingerprint density at radius 1 is 1.07 bits per heavy atom. The SMILES string of the molecule is O=C1Cc2cc(NC(=O)N3CCN(c4nc(-c5ccccc5)cs4)CC3)ccc2N1. The second-order valence-corrected chi connectivity index (χ2v) is 8.22. The molecule has 0 saturated carbocycles. The van der Waals surface area contributed by atoms with Crippen LogP contribution in [-0.4, -0.2) is 48.0 Å². The third-order valence-electron chi connectivity index (χ3n) is 5.38. The monoisotopic (exact) mass is 419 g/mol. The first kappa shape index (κ1) is 18.6. The largest absolute Gasteiger partial charge is 0.345 e. The van der Waals surface area contributed by atoms with Gasteiger partial charge in [0.05, 0.1) is 12.1 Å². The van der Waals surface area contributed by atoms with Crippen molar-refractivity contribution in [3.05, 3.63) is 59.5 Å². The maximum absolute atomic E-state index is 12.7. The molecule has 1 saturated heterocycles. The third kappa shape index (κ3) is 3.73. The molecule has 1 fully saturated rings. The number of piperazine rings is 1. The number of benzene rings is 2. The summed E-state index contributed by atoms with van der Waals surface area (Å²) in [6.07, 6.45) is 0.358. The van der Waals surface area contributed by atoms with Crippen LogP contribution >= 0.6 is 11.3 Å². The van der Waals surface area contributed by atoms with Gasteiger partial charge in [-0.05, 0) is 23.8 Å². The molecule has 152 valence electrons. The van der Waals surface area contributed by atoms with Crippen molar-refractivity contribution in [3.8, 4) is 11.3 Å². The van der Waals surface area contributed by atoms with E-state index in [0.717, 1.165) is 40.7 Å². The molecule has 0 bridgehead atoms. The molecule has 1 aromatic heterocycles. The van der Waals surface area contributed by atoms with E-state index in [1.165, 1.54) is 0 Å². The van der Waals surface area contributed by atoms with E-state index in [2.05, 4.69) is 33.0 Å². The number of hydrogen-bond donors (Lipinski definition) is 2. The van der Waals surface area contributed by atoms with Gasteiger partial charge in [-0.1, -0.05) is 30.3 Å². The summed E-state index contributed by atoms with van der Waals surface area (Å²) in [4.78, 5) is 33.0. The topological polar surface area (TPSA) is 77.6 Å². The number of rotatable bonds is 3. The molecule has 3 amide bonds. The summed E-state index contributed by atoms with van der Waals surface area (Å²) in [5.74, 6) is -0.0118. The van der Waals surface area contributed by atoms with Gasteiger partial charge in [-0.15, -0.1) is 11.3 Å². The fourth-order valence-electron chi connectivity index (χ4n) is 3.76. The number of hydrogen-bond acceptors (Lipinski definition) is 5. The minimum atomic E-state index is -0.115. The number of anilines is 3. The lowest BCUT2D eigenvalue weighted by Crippen LogP contribution is -2.50. The van der Waals surface area contributed by atoms with E-state index in [4.69, 9.17) is 4.98 Å². The fourth-order valence-corrected chi connectivity index (χ4v) is 4.65. The summed E-state index contributed by atoms with van der Waals surface area (Å²) in [7, 11) is 0. The molecule has 3 aromatic rings. The molecule has 2 aliphatic heterocycles. The molecular formula is C22H21N5O2S. The molecule has 0 aliphatic carbocycles. The van der Waals surface area contributed by atoms with Gasteiger partial charge in [0, 0.05) is 48.5 Å². The molecule has 0 atom stereocenters. The van der Waals surface area contributed by atoms with E-state index >= 15 is 0 Å². The maximum Gasteiger partial charge on any atom is 0.321 e. The molecule has 3 heterocycles. The maximum atomic E-state index is 12.7. The van der Waals surface area contributed by atoms with Gasteiger partial charge in [-0.3, -0.25) is 4.79 Å². The number of nitrogens with one attached hydrogen (secondary N) is 2. The molecule has 30 heavy (non-hydrogen) atoms.